The normalized spacial score (nSPS) is 12.2. The number of para-hydroxylation sites is 1. The molecule has 0 radical (unpaired) electrons. The first-order valence-electron chi connectivity index (χ1n) is 7.78. The van der Waals surface area contributed by atoms with Gasteiger partial charge in [-0.2, -0.15) is 0 Å². The Hall–Kier alpha value is -1.35. The first-order chi connectivity index (χ1) is 9.72. The molecule has 3 heteroatoms. The summed E-state index contributed by atoms with van der Waals surface area (Å²) in [5, 5.41) is 0. The third-order valence-electron chi connectivity index (χ3n) is 3.72. The van der Waals surface area contributed by atoms with Crippen LogP contribution in [0.2, 0.25) is 0 Å². The van der Waals surface area contributed by atoms with Gasteiger partial charge in [-0.15, -0.1) is 0 Å². The van der Waals surface area contributed by atoms with Gasteiger partial charge in [-0.3, -0.25) is 4.79 Å². The van der Waals surface area contributed by atoms with Gasteiger partial charge in [0.25, 0.3) is 0 Å². The highest BCUT2D eigenvalue weighted by molar-refractivity contribution is 5.93. The van der Waals surface area contributed by atoms with Crippen LogP contribution in [0.3, 0.4) is 0 Å². The number of anilines is 1. The van der Waals surface area contributed by atoms with Gasteiger partial charge in [0.05, 0.1) is 0 Å². The lowest BCUT2D eigenvalue weighted by molar-refractivity contribution is -0.118. The van der Waals surface area contributed by atoms with Crippen LogP contribution in [0, 0.1) is 5.92 Å². The smallest absolute Gasteiger partial charge is 0.226 e. The second kappa shape index (κ2) is 9.54. The molecule has 1 unspecified atom stereocenters. The van der Waals surface area contributed by atoms with Gasteiger partial charge in [0.15, 0.2) is 0 Å². The second-order valence-electron chi connectivity index (χ2n) is 5.24. The SMILES string of the molecule is CCCC(CCN)CCC(=O)N(CC)c1ccccc1. The minimum Gasteiger partial charge on any atom is -0.330 e. The Bertz CT molecular complexity index is 372. The number of hydrogen-bond acceptors (Lipinski definition) is 2. The van der Waals surface area contributed by atoms with Crippen LogP contribution in [-0.2, 0) is 4.79 Å². The van der Waals surface area contributed by atoms with E-state index in [1.165, 1.54) is 6.42 Å². The maximum Gasteiger partial charge on any atom is 0.226 e. The lowest BCUT2D eigenvalue weighted by Gasteiger charge is -2.22. The zero-order valence-corrected chi connectivity index (χ0v) is 12.8. The van der Waals surface area contributed by atoms with Crippen LogP contribution in [0.25, 0.3) is 0 Å². The van der Waals surface area contributed by atoms with Gasteiger partial charge in [0.1, 0.15) is 0 Å². The molecule has 112 valence electrons. The summed E-state index contributed by atoms with van der Waals surface area (Å²) >= 11 is 0. The third kappa shape index (κ3) is 5.33. The molecule has 0 spiro atoms. The van der Waals surface area contributed by atoms with Crippen molar-refractivity contribution in [2.24, 2.45) is 11.7 Å². The summed E-state index contributed by atoms with van der Waals surface area (Å²) in [5.74, 6) is 0.806. The van der Waals surface area contributed by atoms with Crippen LogP contribution in [0.15, 0.2) is 30.3 Å². The summed E-state index contributed by atoms with van der Waals surface area (Å²) in [5.41, 5.74) is 6.64. The fraction of sp³-hybridized carbons (Fsp3) is 0.588. The molecule has 1 aromatic carbocycles. The number of amides is 1. The third-order valence-corrected chi connectivity index (χ3v) is 3.72. The molecule has 0 saturated heterocycles. The lowest BCUT2D eigenvalue weighted by atomic mass is 9.94. The molecule has 0 fully saturated rings. The van der Waals surface area contributed by atoms with E-state index in [1.807, 2.05) is 42.2 Å². The number of nitrogens with zero attached hydrogens (tertiary/aromatic N) is 1. The molecule has 0 heterocycles. The molecule has 0 aromatic heterocycles. The number of benzene rings is 1. The molecule has 1 amide bonds. The standard InChI is InChI=1S/C17H28N2O/c1-3-8-15(13-14-18)11-12-17(20)19(4-2)16-9-6-5-7-10-16/h5-7,9-10,15H,3-4,8,11-14,18H2,1-2H3. The van der Waals surface area contributed by atoms with Crippen LogP contribution < -0.4 is 10.6 Å². The highest BCUT2D eigenvalue weighted by Crippen LogP contribution is 2.20. The van der Waals surface area contributed by atoms with E-state index >= 15 is 0 Å². The van der Waals surface area contributed by atoms with Gasteiger partial charge in [0.2, 0.25) is 5.91 Å². The quantitative estimate of drug-likeness (QED) is 0.749. The Morgan fingerprint density at radius 2 is 1.85 bits per heavy atom. The van der Waals surface area contributed by atoms with E-state index in [0.717, 1.165) is 38.0 Å². The summed E-state index contributed by atoms with van der Waals surface area (Å²) in [4.78, 5) is 14.2. The number of carbonyl (C=O) groups excluding carboxylic acids is 1. The van der Waals surface area contributed by atoms with Gasteiger partial charge < -0.3 is 10.6 Å². The maximum atomic E-state index is 12.4. The second-order valence-corrected chi connectivity index (χ2v) is 5.24. The first-order valence-corrected chi connectivity index (χ1v) is 7.78. The van der Waals surface area contributed by atoms with E-state index in [2.05, 4.69) is 6.92 Å². The van der Waals surface area contributed by atoms with Crippen molar-refractivity contribution in [3.63, 3.8) is 0 Å². The Morgan fingerprint density at radius 3 is 2.40 bits per heavy atom. The fourth-order valence-electron chi connectivity index (χ4n) is 2.65. The average molecular weight is 276 g/mol. The molecule has 0 aliphatic heterocycles. The maximum absolute atomic E-state index is 12.4. The topological polar surface area (TPSA) is 46.3 Å². The molecule has 0 aliphatic carbocycles. The van der Waals surface area contributed by atoms with E-state index in [-0.39, 0.29) is 5.91 Å². The molecule has 0 bridgehead atoms. The van der Waals surface area contributed by atoms with Gasteiger partial charge in [-0.05, 0) is 44.4 Å². The summed E-state index contributed by atoms with van der Waals surface area (Å²) in [6, 6.07) is 9.90. The Labute approximate surface area is 123 Å². The van der Waals surface area contributed by atoms with E-state index < -0.39 is 0 Å². The fourth-order valence-corrected chi connectivity index (χ4v) is 2.65. The summed E-state index contributed by atoms with van der Waals surface area (Å²) < 4.78 is 0. The predicted molar refractivity (Wildman–Crippen MR) is 85.8 cm³/mol. The van der Waals surface area contributed by atoms with Crippen molar-refractivity contribution in [3.05, 3.63) is 30.3 Å². The molecular formula is C17H28N2O. The minimum atomic E-state index is 0.219. The number of nitrogens with two attached hydrogens (primary N) is 1. The largest absolute Gasteiger partial charge is 0.330 e. The molecule has 0 aliphatic rings. The van der Waals surface area contributed by atoms with Crippen molar-refractivity contribution in [1.29, 1.82) is 0 Å². The molecule has 3 nitrogen and oxygen atoms in total. The summed E-state index contributed by atoms with van der Waals surface area (Å²) in [6.07, 6.45) is 4.93. The predicted octanol–water partition coefficient (Wildman–Crippen LogP) is 3.58. The van der Waals surface area contributed by atoms with Crippen molar-refractivity contribution >= 4 is 11.6 Å². The van der Waals surface area contributed by atoms with E-state index in [4.69, 9.17) is 5.73 Å². The van der Waals surface area contributed by atoms with Gasteiger partial charge in [-0.1, -0.05) is 38.0 Å². The van der Waals surface area contributed by atoms with Crippen molar-refractivity contribution < 1.29 is 4.79 Å². The number of carbonyl (C=O) groups is 1. The van der Waals surface area contributed by atoms with Crippen LogP contribution in [0.1, 0.15) is 46.0 Å². The van der Waals surface area contributed by atoms with E-state index in [9.17, 15) is 4.79 Å². The van der Waals surface area contributed by atoms with Crippen molar-refractivity contribution in [1.82, 2.24) is 0 Å². The minimum absolute atomic E-state index is 0.219. The van der Waals surface area contributed by atoms with Crippen molar-refractivity contribution in [2.45, 2.75) is 46.0 Å². The highest BCUT2D eigenvalue weighted by Gasteiger charge is 2.16. The van der Waals surface area contributed by atoms with Crippen molar-refractivity contribution in [3.8, 4) is 0 Å². The van der Waals surface area contributed by atoms with Gasteiger partial charge >= 0.3 is 0 Å². The molecule has 1 rings (SSSR count). The zero-order valence-electron chi connectivity index (χ0n) is 12.8. The van der Waals surface area contributed by atoms with Crippen LogP contribution >= 0.6 is 0 Å². The Balaban J connectivity index is 2.55. The summed E-state index contributed by atoms with van der Waals surface area (Å²) in [6.45, 7) is 5.65. The number of rotatable bonds is 9. The van der Waals surface area contributed by atoms with E-state index in [0.29, 0.717) is 12.3 Å². The van der Waals surface area contributed by atoms with Crippen LogP contribution in [-0.4, -0.2) is 19.0 Å². The van der Waals surface area contributed by atoms with Crippen molar-refractivity contribution in [2.75, 3.05) is 18.0 Å². The first kappa shape index (κ1) is 16.7. The molecule has 20 heavy (non-hydrogen) atoms. The monoisotopic (exact) mass is 276 g/mol. The van der Waals surface area contributed by atoms with Crippen LogP contribution in [0.5, 0.6) is 0 Å². The molecule has 1 atom stereocenters. The zero-order chi connectivity index (χ0) is 14.8. The average Bonchev–Trinajstić information content (AvgIpc) is 2.47. The van der Waals surface area contributed by atoms with Crippen LogP contribution in [0.4, 0.5) is 5.69 Å². The molecular weight excluding hydrogens is 248 g/mol. The number of hydrogen-bond donors (Lipinski definition) is 1. The molecule has 2 N–H and O–H groups in total. The summed E-state index contributed by atoms with van der Waals surface area (Å²) in [7, 11) is 0. The van der Waals surface area contributed by atoms with Gasteiger partial charge in [0, 0.05) is 18.7 Å². The van der Waals surface area contributed by atoms with E-state index in [1.54, 1.807) is 0 Å². The molecule has 1 aromatic rings. The van der Waals surface area contributed by atoms with Gasteiger partial charge in [-0.25, -0.2) is 0 Å². The lowest BCUT2D eigenvalue weighted by Crippen LogP contribution is -2.30. The highest BCUT2D eigenvalue weighted by atomic mass is 16.2. The Morgan fingerprint density at radius 1 is 1.15 bits per heavy atom. The Kier molecular flexibility index (Phi) is 7.97. The molecule has 0 saturated carbocycles.